The molecule has 0 aliphatic carbocycles. The molecule has 110 valence electrons. The van der Waals surface area contributed by atoms with Gasteiger partial charge in [-0.25, -0.2) is 0 Å². The lowest BCUT2D eigenvalue weighted by atomic mass is 10.2. The van der Waals surface area contributed by atoms with E-state index in [-0.39, 0.29) is 10.9 Å². The first-order valence-corrected chi connectivity index (χ1v) is 8.52. The van der Waals surface area contributed by atoms with Crippen molar-refractivity contribution in [2.45, 2.75) is 28.5 Å². The van der Waals surface area contributed by atoms with Gasteiger partial charge in [0.15, 0.2) is 14.7 Å². The lowest BCUT2D eigenvalue weighted by Gasteiger charge is -2.08. The molecule has 0 aromatic heterocycles. The van der Waals surface area contributed by atoms with Crippen molar-refractivity contribution in [3.05, 3.63) is 83.9 Å². The summed E-state index contributed by atoms with van der Waals surface area (Å²) in [6, 6.07) is 25.0. The molecule has 0 atom stereocenters. The van der Waals surface area contributed by atoms with Gasteiger partial charge in [-0.3, -0.25) is 0 Å². The normalized spacial score (nSPS) is 10.9. The lowest BCUT2D eigenvalue weighted by molar-refractivity contribution is 0.475. The van der Waals surface area contributed by atoms with Gasteiger partial charge in [0.05, 0.1) is 10.9 Å². The van der Waals surface area contributed by atoms with Crippen molar-refractivity contribution < 1.29 is 5.11 Å². The van der Waals surface area contributed by atoms with Crippen LogP contribution in [-0.2, 0) is 10.9 Å². The zero-order valence-electron chi connectivity index (χ0n) is 12.8. The van der Waals surface area contributed by atoms with E-state index in [1.807, 2.05) is 12.1 Å². The zero-order chi connectivity index (χ0) is 15.5. The third-order valence-electron chi connectivity index (χ3n) is 3.59. The molecule has 3 aromatic rings. The average molecular weight is 307 g/mol. The summed E-state index contributed by atoms with van der Waals surface area (Å²) >= 11 is 0. The van der Waals surface area contributed by atoms with Crippen LogP contribution < -0.4 is 0 Å². The Hall–Kier alpha value is -2.19. The van der Waals surface area contributed by atoms with Gasteiger partial charge in [0.25, 0.3) is 0 Å². The Balaban J connectivity index is 2.10. The van der Waals surface area contributed by atoms with Gasteiger partial charge in [-0.1, -0.05) is 35.4 Å². The summed E-state index contributed by atoms with van der Waals surface area (Å²) in [4.78, 5) is 3.80. The standard InChI is InChI=1S/C20H18OS/c1-15-3-9-18(10-4-15)22(19-11-5-16(2)6-12-19)20-13-7-17(21)8-14-20/h3-14H,1-2H3/p+1. The Morgan fingerprint density at radius 3 is 1.23 bits per heavy atom. The van der Waals surface area contributed by atoms with Crippen LogP contribution in [0.15, 0.2) is 87.5 Å². The fraction of sp³-hybridized carbons (Fsp3) is 0.100. The van der Waals surface area contributed by atoms with Crippen molar-refractivity contribution in [1.82, 2.24) is 0 Å². The van der Waals surface area contributed by atoms with E-state index in [9.17, 15) is 5.11 Å². The van der Waals surface area contributed by atoms with Gasteiger partial charge in [-0.15, -0.1) is 0 Å². The summed E-state index contributed by atoms with van der Waals surface area (Å²) in [6.45, 7) is 4.21. The van der Waals surface area contributed by atoms with E-state index < -0.39 is 0 Å². The summed E-state index contributed by atoms with van der Waals surface area (Å²) in [5.74, 6) is 0.306. The van der Waals surface area contributed by atoms with E-state index >= 15 is 0 Å². The lowest BCUT2D eigenvalue weighted by Crippen LogP contribution is -2.04. The van der Waals surface area contributed by atoms with Crippen molar-refractivity contribution in [2.75, 3.05) is 0 Å². The van der Waals surface area contributed by atoms with Crippen LogP contribution in [0.2, 0.25) is 0 Å². The highest BCUT2D eigenvalue weighted by molar-refractivity contribution is 7.97. The van der Waals surface area contributed by atoms with Gasteiger partial charge in [0.1, 0.15) is 5.75 Å². The fourth-order valence-corrected chi connectivity index (χ4v) is 4.38. The van der Waals surface area contributed by atoms with Crippen molar-refractivity contribution in [2.24, 2.45) is 0 Å². The third kappa shape index (κ3) is 3.18. The van der Waals surface area contributed by atoms with Crippen molar-refractivity contribution in [3.63, 3.8) is 0 Å². The SMILES string of the molecule is Cc1ccc([S+](c2ccc(C)cc2)c2ccc(O)cc2)cc1. The Morgan fingerprint density at radius 1 is 0.545 bits per heavy atom. The molecule has 0 aliphatic rings. The van der Waals surface area contributed by atoms with Crippen LogP contribution in [0.4, 0.5) is 0 Å². The van der Waals surface area contributed by atoms with Gasteiger partial charge in [0, 0.05) is 0 Å². The van der Waals surface area contributed by atoms with E-state index in [0.29, 0.717) is 5.75 Å². The second kappa shape index (κ2) is 6.29. The monoisotopic (exact) mass is 307 g/mol. The second-order valence-electron chi connectivity index (χ2n) is 5.43. The van der Waals surface area contributed by atoms with Crippen molar-refractivity contribution in [1.29, 1.82) is 0 Å². The molecular formula is C20H19OS+. The molecule has 1 nitrogen and oxygen atoms in total. The summed E-state index contributed by atoms with van der Waals surface area (Å²) in [5.41, 5.74) is 2.53. The number of phenols is 1. The molecule has 0 saturated carbocycles. The molecule has 3 aromatic carbocycles. The smallest absolute Gasteiger partial charge is 0.166 e. The molecule has 0 unspecified atom stereocenters. The molecule has 3 rings (SSSR count). The molecule has 0 heterocycles. The predicted octanol–water partition coefficient (Wildman–Crippen LogP) is 5.10. The number of hydrogen-bond acceptors (Lipinski definition) is 1. The molecule has 2 heteroatoms. The van der Waals surface area contributed by atoms with Crippen LogP contribution in [0.1, 0.15) is 11.1 Å². The molecule has 0 radical (unpaired) electrons. The van der Waals surface area contributed by atoms with Crippen LogP contribution in [0.5, 0.6) is 5.75 Å². The van der Waals surface area contributed by atoms with Gasteiger partial charge in [-0.2, -0.15) is 0 Å². The van der Waals surface area contributed by atoms with E-state index in [0.717, 1.165) is 0 Å². The molecule has 1 N–H and O–H groups in total. The van der Waals surface area contributed by atoms with E-state index in [2.05, 4.69) is 62.4 Å². The fourth-order valence-electron chi connectivity index (χ4n) is 2.34. The average Bonchev–Trinajstić information content (AvgIpc) is 2.53. The molecule has 22 heavy (non-hydrogen) atoms. The number of benzene rings is 3. The first-order chi connectivity index (χ1) is 10.6. The summed E-state index contributed by atoms with van der Waals surface area (Å²) in [6.07, 6.45) is 0. The van der Waals surface area contributed by atoms with Crippen molar-refractivity contribution in [3.8, 4) is 5.75 Å². The first kappa shape index (κ1) is 14.7. The van der Waals surface area contributed by atoms with Gasteiger partial charge < -0.3 is 5.11 Å². The molecule has 0 fully saturated rings. The van der Waals surface area contributed by atoms with Crippen LogP contribution in [0.25, 0.3) is 0 Å². The van der Waals surface area contributed by atoms with Crippen LogP contribution in [0, 0.1) is 13.8 Å². The maximum atomic E-state index is 9.56. The summed E-state index contributed by atoms with van der Waals surface area (Å²) in [7, 11) is -0.151. The molecule has 0 spiro atoms. The number of aryl methyl sites for hydroxylation is 2. The minimum absolute atomic E-state index is 0.151. The van der Waals surface area contributed by atoms with Gasteiger partial charge >= 0.3 is 0 Å². The van der Waals surface area contributed by atoms with Crippen LogP contribution >= 0.6 is 0 Å². The highest BCUT2D eigenvalue weighted by Crippen LogP contribution is 2.32. The van der Waals surface area contributed by atoms with E-state index in [1.54, 1.807) is 12.1 Å². The maximum Gasteiger partial charge on any atom is 0.166 e. The molecule has 0 saturated heterocycles. The first-order valence-electron chi connectivity index (χ1n) is 7.30. The molecule has 0 aliphatic heterocycles. The minimum Gasteiger partial charge on any atom is -0.508 e. The van der Waals surface area contributed by atoms with E-state index in [1.165, 1.54) is 25.8 Å². The highest BCUT2D eigenvalue weighted by atomic mass is 32.2. The quantitative estimate of drug-likeness (QED) is 0.667. The number of phenolic OH excluding ortho intramolecular Hbond substituents is 1. The Labute approximate surface area is 134 Å². The Kier molecular flexibility index (Phi) is 4.21. The molecular weight excluding hydrogens is 288 g/mol. The maximum absolute atomic E-state index is 9.56. The summed E-state index contributed by atoms with van der Waals surface area (Å²) < 4.78 is 0. The Morgan fingerprint density at radius 2 is 0.864 bits per heavy atom. The van der Waals surface area contributed by atoms with Gasteiger partial charge in [-0.05, 0) is 62.4 Å². The second-order valence-corrected chi connectivity index (χ2v) is 7.45. The third-order valence-corrected chi connectivity index (χ3v) is 5.82. The van der Waals surface area contributed by atoms with E-state index in [4.69, 9.17) is 0 Å². The predicted molar refractivity (Wildman–Crippen MR) is 92.6 cm³/mol. The van der Waals surface area contributed by atoms with Crippen LogP contribution in [0.3, 0.4) is 0 Å². The zero-order valence-corrected chi connectivity index (χ0v) is 13.6. The topological polar surface area (TPSA) is 20.2 Å². The number of rotatable bonds is 3. The molecule has 0 bridgehead atoms. The van der Waals surface area contributed by atoms with Crippen LogP contribution in [-0.4, -0.2) is 5.11 Å². The van der Waals surface area contributed by atoms with Gasteiger partial charge in [0.2, 0.25) is 0 Å². The highest BCUT2D eigenvalue weighted by Gasteiger charge is 2.28. The molecule has 0 amide bonds. The summed E-state index contributed by atoms with van der Waals surface area (Å²) in [5, 5.41) is 9.56. The Bertz CT molecular complexity index is 635. The number of aromatic hydroxyl groups is 1. The van der Waals surface area contributed by atoms with Crippen molar-refractivity contribution >= 4 is 10.9 Å². The largest absolute Gasteiger partial charge is 0.508 e. The number of hydrogen-bond donors (Lipinski definition) is 1. The minimum atomic E-state index is -0.151.